The topological polar surface area (TPSA) is 93.1 Å². The third-order valence-corrected chi connectivity index (χ3v) is 1.65. The maximum atomic E-state index is 10.0. The van der Waals surface area contributed by atoms with E-state index < -0.39 is 24.5 Å². The second-order valence-corrected chi connectivity index (χ2v) is 2.42. The molecule has 1 saturated carbocycles. The molecule has 6 heteroatoms. The molecule has 0 aromatic heterocycles. The van der Waals surface area contributed by atoms with Crippen LogP contribution in [0.4, 0.5) is 9.59 Å². The summed E-state index contributed by atoms with van der Waals surface area (Å²) in [5.74, 6) is 0. The lowest BCUT2D eigenvalue weighted by Crippen LogP contribution is -2.43. The molecule has 2 unspecified atom stereocenters. The third-order valence-electron chi connectivity index (χ3n) is 1.65. The third kappa shape index (κ3) is 2.01. The summed E-state index contributed by atoms with van der Waals surface area (Å²) < 4.78 is 8.66. The van der Waals surface area contributed by atoms with Crippen LogP contribution in [0.5, 0.6) is 0 Å². The van der Waals surface area contributed by atoms with Crippen molar-refractivity contribution >= 4 is 12.3 Å². The molecule has 12 heavy (non-hydrogen) atoms. The van der Waals surface area contributed by atoms with Crippen LogP contribution in [-0.4, -0.2) is 34.7 Å². The fourth-order valence-corrected chi connectivity index (χ4v) is 0.967. The van der Waals surface area contributed by atoms with Gasteiger partial charge >= 0.3 is 12.3 Å². The monoisotopic (exact) mass is 176 g/mol. The van der Waals surface area contributed by atoms with Crippen molar-refractivity contribution in [2.75, 3.05) is 0 Å². The Morgan fingerprint density at radius 1 is 1.00 bits per heavy atom. The molecule has 1 aliphatic carbocycles. The van der Waals surface area contributed by atoms with Gasteiger partial charge in [-0.05, 0) is 12.8 Å². The van der Waals surface area contributed by atoms with Gasteiger partial charge in [0.05, 0.1) is 0 Å². The van der Waals surface area contributed by atoms with E-state index in [-0.39, 0.29) is 0 Å². The van der Waals surface area contributed by atoms with E-state index in [1.165, 1.54) is 0 Å². The molecule has 0 spiro atoms. The Morgan fingerprint density at radius 3 is 1.50 bits per heavy atom. The summed E-state index contributed by atoms with van der Waals surface area (Å²) in [6.07, 6.45) is -3.02. The Bertz CT molecular complexity index is 178. The van der Waals surface area contributed by atoms with Gasteiger partial charge in [-0.2, -0.15) is 0 Å². The molecule has 0 aromatic carbocycles. The van der Waals surface area contributed by atoms with Gasteiger partial charge in [-0.1, -0.05) is 0 Å². The van der Waals surface area contributed by atoms with Crippen molar-refractivity contribution in [3.63, 3.8) is 0 Å². The second-order valence-electron chi connectivity index (χ2n) is 2.42. The summed E-state index contributed by atoms with van der Waals surface area (Å²) in [6, 6.07) is 0. The zero-order chi connectivity index (χ0) is 9.14. The Kier molecular flexibility index (Phi) is 2.37. The quantitative estimate of drug-likeness (QED) is 0.607. The van der Waals surface area contributed by atoms with Gasteiger partial charge < -0.3 is 19.7 Å². The van der Waals surface area contributed by atoms with Crippen LogP contribution in [0, 0.1) is 0 Å². The molecule has 0 saturated heterocycles. The molecule has 0 bridgehead atoms. The van der Waals surface area contributed by atoms with Crippen LogP contribution in [0.3, 0.4) is 0 Å². The van der Waals surface area contributed by atoms with Crippen molar-refractivity contribution < 1.29 is 29.3 Å². The number of carbonyl (C=O) groups is 2. The average Bonchev–Trinajstić information content (AvgIpc) is 1.93. The highest BCUT2D eigenvalue weighted by Crippen LogP contribution is 2.26. The minimum Gasteiger partial charge on any atom is -0.450 e. The normalized spacial score (nSPS) is 27.0. The highest BCUT2D eigenvalue weighted by molar-refractivity contribution is 5.58. The Balaban J connectivity index is 2.29. The van der Waals surface area contributed by atoms with E-state index in [1.807, 2.05) is 0 Å². The number of rotatable bonds is 2. The van der Waals surface area contributed by atoms with Gasteiger partial charge in [-0.3, -0.25) is 0 Å². The molecular weight excluding hydrogens is 168 g/mol. The van der Waals surface area contributed by atoms with Crippen LogP contribution in [-0.2, 0) is 9.47 Å². The van der Waals surface area contributed by atoms with Crippen LogP contribution in [0.1, 0.15) is 12.8 Å². The van der Waals surface area contributed by atoms with Gasteiger partial charge in [0.25, 0.3) is 0 Å². The fraction of sp³-hybridized carbons (Fsp3) is 0.667. The van der Waals surface area contributed by atoms with Crippen LogP contribution in [0.15, 0.2) is 0 Å². The second kappa shape index (κ2) is 3.29. The van der Waals surface area contributed by atoms with E-state index in [4.69, 9.17) is 10.2 Å². The summed E-state index contributed by atoms with van der Waals surface area (Å²) in [5.41, 5.74) is 0. The maximum absolute atomic E-state index is 10.0. The number of ether oxygens (including phenoxy) is 2. The first-order chi connectivity index (χ1) is 5.59. The minimum atomic E-state index is -1.40. The minimum absolute atomic E-state index is 0.518. The summed E-state index contributed by atoms with van der Waals surface area (Å²) in [7, 11) is 0. The Hall–Kier alpha value is -1.46. The number of hydrogen-bond donors (Lipinski definition) is 2. The SMILES string of the molecule is O=C(O)OC1CCC1OC(=O)O. The molecule has 2 atom stereocenters. The molecule has 1 rings (SSSR count). The smallest absolute Gasteiger partial charge is 0.450 e. The van der Waals surface area contributed by atoms with E-state index in [1.54, 1.807) is 0 Å². The van der Waals surface area contributed by atoms with E-state index in [0.717, 1.165) is 0 Å². The first-order valence-electron chi connectivity index (χ1n) is 3.38. The summed E-state index contributed by atoms with van der Waals surface area (Å²) in [6.45, 7) is 0. The van der Waals surface area contributed by atoms with Crippen molar-refractivity contribution in [1.82, 2.24) is 0 Å². The molecule has 0 amide bonds. The van der Waals surface area contributed by atoms with Crippen molar-refractivity contribution in [2.45, 2.75) is 25.0 Å². The van der Waals surface area contributed by atoms with Gasteiger partial charge in [0.15, 0.2) is 0 Å². The van der Waals surface area contributed by atoms with Crippen molar-refractivity contribution in [3.05, 3.63) is 0 Å². The molecule has 2 N–H and O–H groups in total. The van der Waals surface area contributed by atoms with E-state index in [0.29, 0.717) is 12.8 Å². The lowest BCUT2D eigenvalue weighted by atomic mass is 9.92. The van der Waals surface area contributed by atoms with Gasteiger partial charge in [-0.15, -0.1) is 0 Å². The Labute approximate surface area is 67.7 Å². The van der Waals surface area contributed by atoms with Gasteiger partial charge in [0.2, 0.25) is 0 Å². The van der Waals surface area contributed by atoms with Crippen LogP contribution < -0.4 is 0 Å². The summed E-state index contributed by atoms with van der Waals surface area (Å²) in [4.78, 5) is 20.0. The summed E-state index contributed by atoms with van der Waals surface area (Å²) >= 11 is 0. The molecule has 0 aromatic rings. The molecule has 0 aliphatic heterocycles. The largest absolute Gasteiger partial charge is 0.506 e. The van der Waals surface area contributed by atoms with E-state index in [2.05, 4.69) is 9.47 Å². The lowest BCUT2D eigenvalue weighted by Gasteiger charge is -2.32. The fourth-order valence-electron chi connectivity index (χ4n) is 0.967. The predicted molar refractivity (Wildman–Crippen MR) is 35.0 cm³/mol. The predicted octanol–water partition coefficient (Wildman–Crippen LogP) is 0.907. The first-order valence-corrected chi connectivity index (χ1v) is 3.38. The van der Waals surface area contributed by atoms with Gasteiger partial charge in [0.1, 0.15) is 12.2 Å². The van der Waals surface area contributed by atoms with Gasteiger partial charge in [-0.25, -0.2) is 9.59 Å². The number of hydrogen-bond acceptors (Lipinski definition) is 4. The average molecular weight is 176 g/mol. The van der Waals surface area contributed by atoms with E-state index >= 15 is 0 Å². The van der Waals surface area contributed by atoms with Gasteiger partial charge in [0, 0.05) is 0 Å². The molecular formula is C6H8O6. The lowest BCUT2D eigenvalue weighted by molar-refractivity contribution is -0.0895. The van der Waals surface area contributed by atoms with Crippen LogP contribution in [0.25, 0.3) is 0 Å². The molecule has 1 fully saturated rings. The maximum Gasteiger partial charge on any atom is 0.506 e. The van der Waals surface area contributed by atoms with E-state index in [9.17, 15) is 9.59 Å². The first kappa shape index (κ1) is 8.63. The molecule has 68 valence electrons. The Morgan fingerprint density at radius 2 is 1.33 bits per heavy atom. The molecule has 1 aliphatic rings. The molecule has 6 nitrogen and oxygen atoms in total. The van der Waals surface area contributed by atoms with Crippen LogP contribution in [0.2, 0.25) is 0 Å². The number of carboxylic acid groups (broad SMARTS) is 2. The zero-order valence-electron chi connectivity index (χ0n) is 6.10. The highest BCUT2D eigenvalue weighted by atomic mass is 16.7. The van der Waals surface area contributed by atoms with Crippen molar-refractivity contribution in [1.29, 1.82) is 0 Å². The zero-order valence-corrected chi connectivity index (χ0v) is 6.10. The standard InChI is InChI=1S/C6H8O6/c7-5(8)11-3-1-2-4(3)12-6(9)10/h3-4H,1-2H2,(H,7,8)(H,9,10). The summed E-state index contributed by atoms with van der Waals surface area (Å²) in [5, 5.41) is 16.4. The van der Waals surface area contributed by atoms with Crippen molar-refractivity contribution in [2.24, 2.45) is 0 Å². The molecule has 0 heterocycles. The molecule has 0 radical (unpaired) electrons. The van der Waals surface area contributed by atoms with Crippen molar-refractivity contribution in [3.8, 4) is 0 Å². The highest BCUT2D eigenvalue weighted by Gasteiger charge is 2.37. The van der Waals surface area contributed by atoms with Crippen LogP contribution >= 0.6 is 0 Å².